The second kappa shape index (κ2) is 7.66. The monoisotopic (exact) mass is 339 g/mol. The van der Waals surface area contributed by atoms with E-state index in [-0.39, 0.29) is 5.82 Å². The molecule has 4 nitrogen and oxygen atoms in total. The third-order valence-corrected chi connectivity index (χ3v) is 3.80. The predicted octanol–water partition coefficient (Wildman–Crippen LogP) is 4.95. The Labute approximate surface area is 145 Å². The average Bonchev–Trinajstić information content (AvgIpc) is 3.14. The molecule has 1 aromatic heterocycles. The van der Waals surface area contributed by atoms with Gasteiger partial charge < -0.3 is 14.5 Å². The first-order chi connectivity index (χ1) is 12.1. The highest BCUT2D eigenvalue weighted by Crippen LogP contribution is 2.23. The molecule has 0 aliphatic rings. The number of nitrogens with one attached hydrogen (secondary N) is 1. The Hall–Kier alpha value is -3.08. The summed E-state index contributed by atoms with van der Waals surface area (Å²) in [6.45, 7) is 2.22. The molecule has 0 aliphatic carbocycles. The number of hydrogen-bond acceptors (Lipinski definition) is 4. The summed E-state index contributed by atoms with van der Waals surface area (Å²) < 4.78 is 23.8. The van der Waals surface area contributed by atoms with Crippen molar-refractivity contribution in [1.82, 2.24) is 0 Å². The number of halogens is 1. The summed E-state index contributed by atoms with van der Waals surface area (Å²) in [6, 6.07) is 16.7. The number of para-hydroxylation sites is 1. The lowest BCUT2D eigenvalue weighted by atomic mass is 10.1. The van der Waals surface area contributed by atoms with Crippen LogP contribution in [0.15, 0.2) is 71.3 Å². The lowest BCUT2D eigenvalue weighted by Gasteiger charge is -2.16. The van der Waals surface area contributed by atoms with E-state index in [1.807, 2.05) is 24.3 Å². The third-order valence-electron chi connectivity index (χ3n) is 3.80. The maximum absolute atomic E-state index is 13.0. The molecule has 1 unspecified atom stereocenters. The van der Waals surface area contributed by atoms with E-state index in [0.717, 1.165) is 11.3 Å². The Morgan fingerprint density at radius 2 is 1.88 bits per heavy atom. The second-order valence-corrected chi connectivity index (χ2v) is 5.58. The smallest absolute Gasteiger partial charge is 0.340 e. The van der Waals surface area contributed by atoms with Crippen LogP contribution in [0.5, 0.6) is 0 Å². The van der Waals surface area contributed by atoms with Gasteiger partial charge in [0.25, 0.3) is 0 Å². The number of furan rings is 1. The van der Waals surface area contributed by atoms with Gasteiger partial charge >= 0.3 is 5.97 Å². The molecule has 1 heterocycles. The van der Waals surface area contributed by atoms with Gasteiger partial charge in [-0.3, -0.25) is 0 Å². The fourth-order valence-corrected chi connectivity index (χ4v) is 2.44. The van der Waals surface area contributed by atoms with Crippen molar-refractivity contribution in [3.8, 4) is 0 Å². The molecular formula is C20H18FNO3. The van der Waals surface area contributed by atoms with Crippen molar-refractivity contribution in [3.63, 3.8) is 0 Å². The predicted molar refractivity (Wildman–Crippen MR) is 92.7 cm³/mol. The average molecular weight is 339 g/mol. The molecule has 1 N–H and O–H groups in total. The van der Waals surface area contributed by atoms with E-state index in [0.29, 0.717) is 17.8 Å². The molecule has 0 bridgehead atoms. The standard InChI is InChI=1S/C20H18FNO3/c1-14(15-8-10-16(21)11-9-15)25-20(23)18-6-2-3-7-19(18)22-13-17-5-4-12-24-17/h2-12,14,22H,13H2,1H3. The molecule has 2 aromatic carbocycles. The van der Waals surface area contributed by atoms with E-state index in [9.17, 15) is 9.18 Å². The Balaban J connectivity index is 1.70. The minimum absolute atomic E-state index is 0.324. The number of esters is 1. The normalized spacial score (nSPS) is 11.8. The van der Waals surface area contributed by atoms with Gasteiger partial charge in [-0.25, -0.2) is 9.18 Å². The number of carbonyl (C=O) groups is 1. The summed E-state index contributed by atoms with van der Waals surface area (Å²) in [4.78, 5) is 12.5. The maximum Gasteiger partial charge on any atom is 0.340 e. The van der Waals surface area contributed by atoms with Crippen LogP contribution >= 0.6 is 0 Å². The minimum Gasteiger partial charge on any atom is -0.467 e. The highest BCUT2D eigenvalue weighted by atomic mass is 19.1. The van der Waals surface area contributed by atoms with Gasteiger partial charge in [-0.1, -0.05) is 24.3 Å². The van der Waals surface area contributed by atoms with Crippen LogP contribution in [0.2, 0.25) is 0 Å². The quantitative estimate of drug-likeness (QED) is 0.646. The molecule has 128 valence electrons. The SMILES string of the molecule is CC(OC(=O)c1ccccc1NCc1ccco1)c1ccc(F)cc1. The minimum atomic E-state index is -0.480. The van der Waals surface area contributed by atoms with Crippen molar-refractivity contribution in [3.05, 3.63) is 89.6 Å². The largest absolute Gasteiger partial charge is 0.467 e. The van der Waals surface area contributed by atoms with Gasteiger partial charge in [0, 0.05) is 5.69 Å². The molecule has 1 atom stereocenters. The van der Waals surface area contributed by atoms with Crippen molar-refractivity contribution in [1.29, 1.82) is 0 Å². The summed E-state index contributed by atoms with van der Waals surface area (Å²) in [5.74, 6) is -0.00281. The number of carbonyl (C=O) groups excluding carboxylic acids is 1. The number of ether oxygens (including phenoxy) is 1. The molecule has 0 radical (unpaired) electrons. The molecule has 0 amide bonds. The van der Waals surface area contributed by atoms with Gasteiger partial charge in [-0.05, 0) is 48.9 Å². The van der Waals surface area contributed by atoms with Crippen molar-refractivity contribution in [2.45, 2.75) is 19.6 Å². The van der Waals surface area contributed by atoms with Crippen LogP contribution in [0.1, 0.15) is 34.7 Å². The van der Waals surface area contributed by atoms with E-state index in [1.165, 1.54) is 12.1 Å². The van der Waals surface area contributed by atoms with E-state index in [1.54, 1.807) is 37.5 Å². The zero-order valence-electron chi connectivity index (χ0n) is 13.7. The first-order valence-electron chi connectivity index (χ1n) is 7.95. The van der Waals surface area contributed by atoms with Crippen molar-refractivity contribution < 1.29 is 18.3 Å². The van der Waals surface area contributed by atoms with E-state index in [2.05, 4.69) is 5.32 Å². The Kier molecular flexibility index (Phi) is 5.14. The molecular weight excluding hydrogens is 321 g/mol. The molecule has 0 aliphatic heterocycles. The van der Waals surface area contributed by atoms with Crippen LogP contribution in [0, 0.1) is 5.82 Å². The lowest BCUT2D eigenvalue weighted by Crippen LogP contribution is -2.12. The summed E-state index contributed by atoms with van der Waals surface area (Å²) in [6.07, 6.45) is 1.12. The summed E-state index contributed by atoms with van der Waals surface area (Å²) in [5, 5.41) is 3.17. The van der Waals surface area contributed by atoms with Gasteiger partial charge in [0.1, 0.15) is 17.7 Å². The molecule has 0 saturated carbocycles. The highest BCUT2D eigenvalue weighted by Gasteiger charge is 2.17. The maximum atomic E-state index is 13.0. The molecule has 0 fully saturated rings. The Morgan fingerprint density at radius 1 is 1.12 bits per heavy atom. The lowest BCUT2D eigenvalue weighted by molar-refractivity contribution is 0.0339. The van der Waals surface area contributed by atoms with Gasteiger partial charge in [-0.15, -0.1) is 0 Å². The van der Waals surface area contributed by atoms with E-state index < -0.39 is 12.1 Å². The van der Waals surface area contributed by atoms with Gasteiger partial charge in [0.05, 0.1) is 18.4 Å². The van der Waals surface area contributed by atoms with Gasteiger partial charge in [0.15, 0.2) is 0 Å². The Bertz CT molecular complexity index is 828. The summed E-state index contributed by atoms with van der Waals surface area (Å²) in [7, 11) is 0. The van der Waals surface area contributed by atoms with Crippen molar-refractivity contribution >= 4 is 11.7 Å². The number of hydrogen-bond donors (Lipinski definition) is 1. The fourth-order valence-electron chi connectivity index (χ4n) is 2.44. The second-order valence-electron chi connectivity index (χ2n) is 5.58. The summed E-state index contributed by atoms with van der Waals surface area (Å²) in [5.41, 5.74) is 1.83. The molecule has 0 spiro atoms. The first-order valence-corrected chi connectivity index (χ1v) is 7.95. The van der Waals surface area contributed by atoms with Crippen LogP contribution in [0.3, 0.4) is 0 Å². The molecule has 5 heteroatoms. The zero-order valence-corrected chi connectivity index (χ0v) is 13.7. The van der Waals surface area contributed by atoms with Gasteiger partial charge in [-0.2, -0.15) is 0 Å². The first kappa shape index (κ1) is 16.8. The number of benzene rings is 2. The van der Waals surface area contributed by atoms with Gasteiger partial charge in [0.2, 0.25) is 0 Å². The van der Waals surface area contributed by atoms with Crippen LogP contribution in [0.25, 0.3) is 0 Å². The highest BCUT2D eigenvalue weighted by molar-refractivity contribution is 5.95. The Morgan fingerprint density at radius 3 is 2.60 bits per heavy atom. The number of rotatable bonds is 6. The fraction of sp³-hybridized carbons (Fsp3) is 0.150. The van der Waals surface area contributed by atoms with Crippen molar-refractivity contribution in [2.24, 2.45) is 0 Å². The van der Waals surface area contributed by atoms with E-state index in [4.69, 9.17) is 9.15 Å². The molecule has 25 heavy (non-hydrogen) atoms. The van der Waals surface area contributed by atoms with E-state index >= 15 is 0 Å². The molecule has 3 rings (SSSR count). The van der Waals surface area contributed by atoms with Crippen LogP contribution in [-0.4, -0.2) is 5.97 Å². The molecule has 0 saturated heterocycles. The number of anilines is 1. The molecule has 3 aromatic rings. The van der Waals surface area contributed by atoms with Crippen molar-refractivity contribution in [2.75, 3.05) is 5.32 Å². The summed E-state index contributed by atoms with van der Waals surface area (Å²) >= 11 is 0. The van der Waals surface area contributed by atoms with Crippen LogP contribution < -0.4 is 5.32 Å². The third kappa shape index (κ3) is 4.26. The van der Waals surface area contributed by atoms with Crippen LogP contribution in [-0.2, 0) is 11.3 Å². The zero-order chi connectivity index (χ0) is 17.6. The van der Waals surface area contributed by atoms with Crippen LogP contribution in [0.4, 0.5) is 10.1 Å². The topological polar surface area (TPSA) is 51.5 Å².